The number of likely N-dealkylation sites (N-methyl/N-ethyl adjacent to an activating group) is 1. The van der Waals surface area contributed by atoms with E-state index in [1.165, 1.54) is 10.0 Å². The zero-order chi connectivity index (χ0) is 18.6. The Morgan fingerprint density at radius 2 is 1.85 bits per heavy atom. The molecule has 27 heavy (non-hydrogen) atoms. The molecule has 6 nitrogen and oxygen atoms in total. The SMILES string of the molecule is CN1CCN(c2ccc([As]c3ncc4ccn(CCCN)c4n3)cc2)CC1. The molecule has 2 N–H and O–H groups in total. The van der Waals surface area contributed by atoms with E-state index in [0.29, 0.717) is 6.54 Å². The van der Waals surface area contributed by atoms with Gasteiger partial charge in [-0.1, -0.05) is 0 Å². The van der Waals surface area contributed by atoms with E-state index in [1.54, 1.807) is 0 Å². The Morgan fingerprint density at radius 1 is 1.07 bits per heavy atom. The van der Waals surface area contributed by atoms with Gasteiger partial charge in [0.05, 0.1) is 0 Å². The van der Waals surface area contributed by atoms with Gasteiger partial charge in [-0.05, 0) is 0 Å². The summed E-state index contributed by atoms with van der Waals surface area (Å²) in [4.78, 5) is 14.3. The van der Waals surface area contributed by atoms with Crippen molar-refractivity contribution in [3.05, 3.63) is 42.7 Å². The number of nitrogens with zero attached hydrogens (tertiary/aromatic N) is 5. The van der Waals surface area contributed by atoms with Gasteiger partial charge >= 0.3 is 167 Å². The van der Waals surface area contributed by atoms with Gasteiger partial charge in [0.15, 0.2) is 0 Å². The van der Waals surface area contributed by atoms with Gasteiger partial charge in [0.1, 0.15) is 0 Å². The second kappa shape index (κ2) is 8.42. The molecule has 0 amide bonds. The number of anilines is 1. The van der Waals surface area contributed by atoms with Crippen LogP contribution < -0.4 is 19.6 Å². The Morgan fingerprint density at radius 3 is 2.59 bits per heavy atom. The summed E-state index contributed by atoms with van der Waals surface area (Å²) in [6.45, 7) is 6.07. The van der Waals surface area contributed by atoms with E-state index in [0.717, 1.165) is 54.8 Å². The summed E-state index contributed by atoms with van der Waals surface area (Å²) in [6, 6.07) is 11.1. The number of hydrogen-bond acceptors (Lipinski definition) is 5. The van der Waals surface area contributed by atoms with Crippen molar-refractivity contribution >= 4 is 41.4 Å². The number of aryl methyl sites for hydroxylation is 1. The molecular formula is C20H26AsN6. The van der Waals surface area contributed by atoms with Crippen LogP contribution >= 0.6 is 0 Å². The Labute approximate surface area is 167 Å². The summed E-state index contributed by atoms with van der Waals surface area (Å²) in [6.07, 6.45) is 5.00. The molecule has 4 rings (SSSR count). The van der Waals surface area contributed by atoms with Gasteiger partial charge in [0, 0.05) is 0 Å². The van der Waals surface area contributed by atoms with Crippen molar-refractivity contribution in [3.63, 3.8) is 0 Å². The van der Waals surface area contributed by atoms with Crippen LogP contribution in [-0.4, -0.2) is 75.0 Å². The van der Waals surface area contributed by atoms with Crippen LogP contribution in [0.5, 0.6) is 0 Å². The van der Waals surface area contributed by atoms with Gasteiger partial charge < -0.3 is 0 Å². The molecule has 1 aromatic carbocycles. The van der Waals surface area contributed by atoms with Crippen LogP contribution in [0.3, 0.4) is 0 Å². The number of benzene rings is 1. The fraction of sp³-hybridized carbons (Fsp3) is 0.400. The monoisotopic (exact) mass is 425 g/mol. The van der Waals surface area contributed by atoms with Gasteiger partial charge in [0.2, 0.25) is 0 Å². The molecule has 3 heterocycles. The molecule has 1 radical (unpaired) electrons. The van der Waals surface area contributed by atoms with E-state index in [2.05, 4.69) is 62.9 Å². The molecule has 0 spiro atoms. The molecule has 141 valence electrons. The number of nitrogens with two attached hydrogens (primary N) is 1. The van der Waals surface area contributed by atoms with E-state index in [-0.39, 0.29) is 15.8 Å². The van der Waals surface area contributed by atoms with Crippen molar-refractivity contribution in [2.75, 3.05) is 44.7 Å². The van der Waals surface area contributed by atoms with Gasteiger partial charge in [0.25, 0.3) is 0 Å². The minimum absolute atomic E-state index is 0.212. The summed E-state index contributed by atoms with van der Waals surface area (Å²) in [5.74, 6) is 0. The van der Waals surface area contributed by atoms with E-state index in [1.807, 2.05) is 6.20 Å². The molecule has 1 fully saturated rings. The third-order valence-corrected chi connectivity index (χ3v) is 7.08. The van der Waals surface area contributed by atoms with Crippen LogP contribution in [0.4, 0.5) is 5.69 Å². The maximum atomic E-state index is 5.65. The number of piperazine rings is 1. The average molecular weight is 425 g/mol. The maximum absolute atomic E-state index is 5.65. The molecule has 7 heteroatoms. The summed E-state index contributed by atoms with van der Waals surface area (Å²) in [5, 5.41) is 1.10. The Bertz CT molecular complexity index is 883. The van der Waals surface area contributed by atoms with Crippen LogP contribution in [0.25, 0.3) is 11.0 Å². The molecule has 0 bridgehead atoms. The molecule has 1 aliphatic rings. The van der Waals surface area contributed by atoms with Crippen molar-refractivity contribution in [2.24, 2.45) is 5.73 Å². The fourth-order valence-electron chi connectivity index (χ4n) is 3.38. The van der Waals surface area contributed by atoms with E-state index in [4.69, 9.17) is 10.7 Å². The molecule has 0 saturated carbocycles. The van der Waals surface area contributed by atoms with Crippen LogP contribution in [0.15, 0.2) is 42.7 Å². The van der Waals surface area contributed by atoms with Crippen molar-refractivity contribution in [1.29, 1.82) is 0 Å². The zero-order valence-electron chi connectivity index (χ0n) is 15.8. The van der Waals surface area contributed by atoms with Crippen molar-refractivity contribution in [2.45, 2.75) is 13.0 Å². The van der Waals surface area contributed by atoms with Crippen LogP contribution in [0.1, 0.15) is 6.42 Å². The second-order valence-electron chi connectivity index (χ2n) is 7.02. The van der Waals surface area contributed by atoms with Crippen molar-refractivity contribution in [1.82, 2.24) is 19.4 Å². The van der Waals surface area contributed by atoms with Crippen molar-refractivity contribution < 1.29 is 0 Å². The molecule has 1 saturated heterocycles. The summed E-state index contributed by atoms with van der Waals surface area (Å²) < 4.78 is 4.48. The minimum atomic E-state index is -0.212. The molecule has 1 aliphatic heterocycles. The number of rotatable bonds is 6. The first-order chi connectivity index (χ1) is 13.2. The molecule has 2 aromatic heterocycles. The predicted molar refractivity (Wildman–Crippen MR) is 112 cm³/mol. The fourth-order valence-corrected chi connectivity index (χ4v) is 5.03. The zero-order valence-corrected chi connectivity index (χ0v) is 17.6. The van der Waals surface area contributed by atoms with Gasteiger partial charge in [-0.2, -0.15) is 0 Å². The Kier molecular flexibility index (Phi) is 5.77. The van der Waals surface area contributed by atoms with Crippen LogP contribution in [0.2, 0.25) is 0 Å². The Balaban J connectivity index is 1.47. The third-order valence-electron chi connectivity index (χ3n) is 5.04. The summed E-state index contributed by atoms with van der Waals surface area (Å²) >= 11 is -0.212. The van der Waals surface area contributed by atoms with E-state index < -0.39 is 0 Å². The standard InChI is InChI=1S/C20H26AsN6/c1-25-11-13-26(14-12-25)18-5-3-17(4-6-18)21-20-23-15-16-7-10-27(9-2-8-22)19(16)24-20/h3-7,10,15H,2,8-9,11-14,22H2,1H3. The number of aromatic nitrogens is 3. The topological polar surface area (TPSA) is 63.2 Å². The molecule has 3 aromatic rings. The first-order valence-corrected chi connectivity index (χ1v) is 11.4. The first-order valence-electron chi connectivity index (χ1n) is 9.50. The number of hydrogen-bond donors (Lipinski definition) is 1. The summed E-state index contributed by atoms with van der Waals surface area (Å²) in [5.41, 5.74) is 7.99. The molecular weight excluding hydrogens is 399 g/mol. The van der Waals surface area contributed by atoms with Crippen LogP contribution in [-0.2, 0) is 6.54 Å². The Hall–Kier alpha value is -1.88. The average Bonchev–Trinajstić information content (AvgIpc) is 3.10. The third kappa shape index (κ3) is 4.34. The first kappa shape index (κ1) is 18.5. The van der Waals surface area contributed by atoms with Gasteiger partial charge in [-0.15, -0.1) is 0 Å². The predicted octanol–water partition coefficient (Wildman–Crippen LogP) is 0.187. The quantitative estimate of drug-likeness (QED) is 0.572. The van der Waals surface area contributed by atoms with Gasteiger partial charge in [-0.3, -0.25) is 0 Å². The second-order valence-corrected chi connectivity index (χ2v) is 9.41. The van der Waals surface area contributed by atoms with E-state index in [9.17, 15) is 0 Å². The normalized spacial score (nSPS) is 16.0. The van der Waals surface area contributed by atoms with Crippen LogP contribution in [0, 0.1) is 0 Å². The van der Waals surface area contributed by atoms with Crippen molar-refractivity contribution in [3.8, 4) is 0 Å². The molecule has 0 atom stereocenters. The van der Waals surface area contributed by atoms with E-state index >= 15 is 0 Å². The summed E-state index contributed by atoms with van der Waals surface area (Å²) in [7, 11) is 2.19. The number of fused-ring (bicyclic) bond motifs is 1. The van der Waals surface area contributed by atoms with Gasteiger partial charge in [-0.25, -0.2) is 0 Å². The molecule has 0 unspecified atom stereocenters. The molecule has 0 aliphatic carbocycles.